The molecule has 0 bridgehead atoms. The van der Waals surface area contributed by atoms with Crippen molar-refractivity contribution >= 4 is 52.2 Å². The van der Waals surface area contributed by atoms with Crippen LogP contribution in [-0.4, -0.2) is 35.7 Å². The van der Waals surface area contributed by atoms with E-state index in [4.69, 9.17) is 21.1 Å². The Labute approximate surface area is 218 Å². The number of aryl methyl sites for hydroxylation is 1. The van der Waals surface area contributed by atoms with Gasteiger partial charge in [0.2, 0.25) is 0 Å². The fraction of sp³-hybridized carbons (Fsp3) is 0.148. The minimum absolute atomic E-state index is 0.201. The molecule has 1 saturated heterocycles. The minimum atomic E-state index is -0.374. The third kappa shape index (κ3) is 5.90. The zero-order valence-corrected chi connectivity index (χ0v) is 21.2. The van der Waals surface area contributed by atoms with E-state index in [9.17, 15) is 14.4 Å². The lowest BCUT2D eigenvalue weighted by Gasteiger charge is -2.14. The molecule has 0 aliphatic carbocycles. The first-order chi connectivity index (χ1) is 17.4. The fourth-order valence-electron chi connectivity index (χ4n) is 3.56. The standard InChI is InChI=1S/C27H23ClN2O5S/c1-17-8-6-7-9-19(17)15-30-26(32)23(36-27(30)33)14-18-12-21(28)25(22(13-18)34-2)35-16-24(31)29-20-10-4-3-5-11-20/h3-14H,15-16H2,1-2H3,(H,29,31)/b23-14-. The van der Waals surface area contributed by atoms with Crippen LogP contribution in [0.1, 0.15) is 16.7 Å². The Morgan fingerprint density at radius 1 is 1.08 bits per heavy atom. The number of thioether (sulfide) groups is 1. The highest BCUT2D eigenvalue weighted by Crippen LogP contribution is 2.39. The summed E-state index contributed by atoms with van der Waals surface area (Å²) in [5.74, 6) is -0.237. The van der Waals surface area contributed by atoms with E-state index < -0.39 is 0 Å². The van der Waals surface area contributed by atoms with Crippen LogP contribution in [0.3, 0.4) is 0 Å². The molecule has 1 aliphatic heterocycles. The van der Waals surface area contributed by atoms with Crippen molar-refractivity contribution in [3.8, 4) is 11.5 Å². The van der Waals surface area contributed by atoms with Crippen molar-refractivity contribution in [3.05, 3.63) is 93.3 Å². The third-order valence-electron chi connectivity index (χ3n) is 5.42. The van der Waals surface area contributed by atoms with Gasteiger partial charge in [-0.05, 0) is 65.7 Å². The highest BCUT2D eigenvalue weighted by atomic mass is 35.5. The number of nitrogens with one attached hydrogen (secondary N) is 1. The van der Waals surface area contributed by atoms with E-state index in [1.807, 2.05) is 49.4 Å². The molecule has 1 aliphatic rings. The molecule has 0 spiro atoms. The van der Waals surface area contributed by atoms with Gasteiger partial charge in [-0.25, -0.2) is 0 Å². The molecule has 0 aromatic heterocycles. The highest BCUT2D eigenvalue weighted by molar-refractivity contribution is 8.18. The molecule has 3 amide bonds. The maximum Gasteiger partial charge on any atom is 0.293 e. The molecule has 184 valence electrons. The van der Waals surface area contributed by atoms with E-state index in [0.717, 1.165) is 22.9 Å². The summed E-state index contributed by atoms with van der Waals surface area (Å²) in [7, 11) is 1.45. The molecule has 1 N–H and O–H groups in total. The second kappa shape index (κ2) is 11.3. The number of para-hydroxylation sites is 1. The van der Waals surface area contributed by atoms with E-state index in [1.54, 1.807) is 30.3 Å². The Morgan fingerprint density at radius 2 is 1.81 bits per heavy atom. The van der Waals surface area contributed by atoms with Gasteiger partial charge < -0.3 is 14.8 Å². The SMILES string of the molecule is COc1cc(/C=C2\SC(=O)N(Cc3ccccc3C)C2=O)cc(Cl)c1OCC(=O)Nc1ccccc1. The summed E-state index contributed by atoms with van der Waals surface area (Å²) in [6.45, 7) is 1.87. The number of carbonyl (C=O) groups excluding carboxylic acids is 3. The van der Waals surface area contributed by atoms with Gasteiger partial charge in [-0.2, -0.15) is 0 Å². The molecule has 1 fully saturated rings. The zero-order chi connectivity index (χ0) is 25.7. The number of amides is 3. The van der Waals surface area contributed by atoms with Crippen molar-refractivity contribution in [2.45, 2.75) is 13.5 Å². The van der Waals surface area contributed by atoms with Crippen molar-refractivity contribution in [3.63, 3.8) is 0 Å². The molecule has 9 heteroatoms. The van der Waals surface area contributed by atoms with Crippen molar-refractivity contribution in [1.82, 2.24) is 4.90 Å². The van der Waals surface area contributed by atoms with Crippen LogP contribution in [0.4, 0.5) is 10.5 Å². The van der Waals surface area contributed by atoms with Gasteiger partial charge in [-0.3, -0.25) is 19.3 Å². The van der Waals surface area contributed by atoms with Crippen LogP contribution < -0.4 is 14.8 Å². The summed E-state index contributed by atoms with van der Waals surface area (Å²) >= 11 is 7.30. The molecule has 0 saturated carbocycles. The largest absolute Gasteiger partial charge is 0.493 e. The van der Waals surface area contributed by atoms with Gasteiger partial charge in [0, 0.05) is 5.69 Å². The maximum absolute atomic E-state index is 13.0. The first kappa shape index (κ1) is 25.3. The number of benzene rings is 3. The van der Waals surface area contributed by atoms with Gasteiger partial charge in [0.05, 0.1) is 23.6 Å². The number of nitrogens with zero attached hydrogens (tertiary/aromatic N) is 1. The molecule has 4 rings (SSSR count). The molecular weight excluding hydrogens is 500 g/mol. The summed E-state index contributed by atoms with van der Waals surface area (Å²) in [5.41, 5.74) is 3.11. The lowest BCUT2D eigenvalue weighted by Crippen LogP contribution is -2.27. The van der Waals surface area contributed by atoms with E-state index in [1.165, 1.54) is 12.0 Å². The number of anilines is 1. The minimum Gasteiger partial charge on any atom is -0.493 e. The fourth-order valence-corrected chi connectivity index (χ4v) is 4.68. The van der Waals surface area contributed by atoms with Crippen LogP contribution in [0.2, 0.25) is 5.02 Å². The third-order valence-corrected chi connectivity index (χ3v) is 6.61. The Balaban J connectivity index is 1.48. The number of ether oxygens (including phenoxy) is 2. The topological polar surface area (TPSA) is 84.9 Å². The van der Waals surface area contributed by atoms with Crippen molar-refractivity contribution in [2.24, 2.45) is 0 Å². The predicted octanol–water partition coefficient (Wildman–Crippen LogP) is 5.91. The van der Waals surface area contributed by atoms with Gasteiger partial charge >= 0.3 is 0 Å². The number of carbonyl (C=O) groups is 3. The first-order valence-electron chi connectivity index (χ1n) is 11.0. The van der Waals surface area contributed by atoms with Gasteiger partial charge in [-0.1, -0.05) is 54.1 Å². The summed E-state index contributed by atoms with van der Waals surface area (Å²) < 4.78 is 11.0. The van der Waals surface area contributed by atoms with E-state index in [2.05, 4.69) is 5.32 Å². The Morgan fingerprint density at radius 3 is 2.53 bits per heavy atom. The number of imide groups is 1. The van der Waals surface area contributed by atoms with Crippen LogP contribution in [0.25, 0.3) is 6.08 Å². The number of halogens is 1. The van der Waals surface area contributed by atoms with Gasteiger partial charge in [0.15, 0.2) is 18.1 Å². The highest BCUT2D eigenvalue weighted by Gasteiger charge is 2.35. The lowest BCUT2D eigenvalue weighted by atomic mass is 10.1. The summed E-state index contributed by atoms with van der Waals surface area (Å²) in [6, 6.07) is 19.8. The van der Waals surface area contributed by atoms with Gasteiger partial charge in [0.1, 0.15) is 0 Å². The second-order valence-corrected chi connectivity index (χ2v) is 9.33. The van der Waals surface area contributed by atoms with E-state index in [-0.39, 0.29) is 45.9 Å². The average Bonchev–Trinajstić information content (AvgIpc) is 3.12. The molecule has 3 aromatic rings. The van der Waals surface area contributed by atoms with Crippen LogP contribution >= 0.6 is 23.4 Å². The lowest BCUT2D eigenvalue weighted by molar-refractivity contribution is -0.123. The normalized spacial score (nSPS) is 14.3. The molecule has 7 nitrogen and oxygen atoms in total. The van der Waals surface area contributed by atoms with Crippen molar-refractivity contribution in [1.29, 1.82) is 0 Å². The first-order valence-corrected chi connectivity index (χ1v) is 12.2. The molecular formula is C27H23ClN2O5S. The van der Waals surface area contributed by atoms with Crippen LogP contribution in [0.15, 0.2) is 71.6 Å². The van der Waals surface area contributed by atoms with Crippen molar-refractivity contribution in [2.75, 3.05) is 19.0 Å². The molecule has 0 radical (unpaired) electrons. The number of hydrogen-bond acceptors (Lipinski definition) is 6. The second-order valence-electron chi connectivity index (χ2n) is 7.93. The van der Waals surface area contributed by atoms with Crippen molar-refractivity contribution < 1.29 is 23.9 Å². The monoisotopic (exact) mass is 522 g/mol. The molecule has 0 unspecified atom stereocenters. The zero-order valence-electron chi connectivity index (χ0n) is 19.6. The van der Waals surface area contributed by atoms with Crippen LogP contribution in [-0.2, 0) is 16.1 Å². The smallest absolute Gasteiger partial charge is 0.293 e. The molecule has 3 aromatic carbocycles. The molecule has 0 atom stereocenters. The number of hydrogen-bond donors (Lipinski definition) is 1. The number of methoxy groups -OCH3 is 1. The van der Waals surface area contributed by atoms with Crippen LogP contribution in [0.5, 0.6) is 11.5 Å². The predicted molar refractivity (Wildman–Crippen MR) is 141 cm³/mol. The van der Waals surface area contributed by atoms with Gasteiger partial charge in [-0.15, -0.1) is 0 Å². The van der Waals surface area contributed by atoms with E-state index >= 15 is 0 Å². The Kier molecular flexibility index (Phi) is 7.97. The Hall–Kier alpha value is -3.75. The quantitative estimate of drug-likeness (QED) is 0.370. The summed E-state index contributed by atoms with van der Waals surface area (Å²) in [6.07, 6.45) is 1.59. The molecule has 36 heavy (non-hydrogen) atoms. The average molecular weight is 523 g/mol. The van der Waals surface area contributed by atoms with E-state index in [0.29, 0.717) is 17.0 Å². The summed E-state index contributed by atoms with van der Waals surface area (Å²) in [5, 5.41) is 2.59. The molecule has 1 heterocycles. The summed E-state index contributed by atoms with van der Waals surface area (Å²) in [4.78, 5) is 39.2. The number of rotatable bonds is 8. The maximum atomic E-state index is 13.0. The van der Waals surface area contributed by atoms with Crippen LogP contribution in [0, 0.1) is 6.92 Å². The van der Waals surface area contributed by atoms with Gasteiger partial charge in [0.25, 0.3) is 17.1 Å². The Bertz CT molecular complexity index is 1340.